The summed E-state index contributed by atoms with van der Waals surface area (Å²) in [5, 5.41) is 7.08. The zero-order valence-corrected chi connectivity index (χ0v) is 19.7. The SMILES string of the molecule is C[C@@H](O[C@H]1OCCN(CC2=NC(=O)N=N2)[C@H]1C1CCC(F)CC1)c1cc(C(F)(F)F)cc(C(F)(F)F)c1. The van der Waals surface area contributed by atoms with Gasteiger partial charge in [0.1, 0.15) is 6.17 Å². The van der Waals surface area contributed by atoms with Crippen LogP contribution in [-0.2, 0) is 21.8 Å². The Labute approximate surface area is 207 Å². The summed E-state index contributed by atoms with van der Waals surface area (Å²) in [7, 11) is 0. The molecule has 2 heterocycles. The molecule has 0 radical (unpaired) electrons. The average molecular weight is 538 g/mol. The summed E-state index contributed by atoms with van der Waals surface area (Å²) >= 11 is 0. The van der Waals surface area contributed by atoms with E-state index in [1.165, 1.54) is 6.92 Å². The molecule has 37 heavy (non-hydrogen) atoms. The Morgan fingerprint density at radius 2 is 1.65 bits per heavy atom. The molecular weight excluding hydrogens is 513 g/mol. The minimum Gasteiger partial charge on any atom is -0.350 e. The molecule has 1 aromatic carbocycles. The van der Waals surface area contributed by atoms with Crippen LogP contribution in [0.3, 0.4) is 0 Å². The number of ether oxygens (including phenoxy) is 2. The topological polar surface area (TPSA) is 75.8 Å². The summed E-state index contributed by atoms with van der Waals surface area (Å²) in [4.78, 5) is 17.0. The van der Waals surface area contributed by atoms with E-state index in [1.807, 2.05) is 4.90 Å². The van der Waals surface area contributed by atoms with Crippen LogP contribution in [0.4, 0.5) is 35.5 Å². The third-order valence-corrected chi connectivity index (χ3v) is 6.78. The number of carbonyl (C=O) groups is 1. The van der Waals surface area contributed by atoms with E-state index in [4.69, 9.17) is 9.47 Å². The minimum absolute atomic E-state index is 0.0610. The van der Waals surface area contributed by atoms with E-state index >= 15 is 0 Å². The number of hydrogen-bond donors (Lipinski definition) is 0. The van der Waals surface area contributed by atoms with Crippen molar-refractivity contribution >= 4 is 11.9 Å². The van der Waals surface area contributed by atoms with Crippen molar-refractivity contribution in [3.63, 3.8) is 0 Å². The fourth-order valence-corrected chi connectivity index (χ4v) is 4.95. The monoisotopic (exact) mass is 538 g/mol. The van der Waals surface area contributed by atoms with Crippen LogP contribution in [0.1, 0.15) is 55.4 Å². The van der Waals surface area contributed by atoms with Crippen molar-refractivity contribution in [3.05, 3.63) is 34.9 Å². The molecule has 0 aromatic heterocycles. The van der Waals surface area contributed by atoms with Gasteiger partial charge in [0, 0.05) is 6.54 Å². The molecule has 2 aliphatic heterocycles. The molecule has 0 unspecified atom stereocenters. The van der Waals surface area contributed by atoms with E-state index in [0.717, 1.165) is 0 Å². The van der Waals surface area contributed by atoms with Crippen molar-refractivity contribution in [1.29, 1.82) is 0 Å². The zero-order chi connectivity index (χ0) is 27.0. The summed E-state index contributed by atoms with van der Waals surface area (Å²) in [6, 6.07) is 0.0479. The number of morpholine rings is 1. The Balaban J connectivity index is 1.60. The Morgan fingerprint density at radius 3 is 2.19 bits per heavy atom. The molecule has 0 N–H and O–H groups in total. The first-order valence-electron chi connectivity index (χ1n) is 11.8. The molecule has 1 aliphatic carbocycles. The first-order valence-corrected chi connectivity index (χ1v) is 11.8. The molecule has 3 aliphatic rings. The van der Waals surface area contributed by atoms with Gasteiger partial charge >= 0.3 is 18.4 Å². The number of rotatable bonds is 6. The predicted octanol–water partition coefficient (Wildman–Crippen LogP) is 6.34. The number of carbonyl (C=O) groups excluding carboxylic acids is 1. The fraction of sp³-hybridized carbons (Fsp3) is 0.652. The highest BCUT2D eigenvalue weighted by Gasteiger charge is 2.43. The number of amidine groups is 1. The molecule has 3 atom stereocenters. The van der Waals surface area contributed by atoms with Gasteiger partial charge in [-0.2, -0.15) is 31.3 Å². The van der Waals surface area contributed by atoms with Gasteiger partial charge in [0.15, 0.2) is 12.1 Å². The highest BCUT2D eigenvalue weighted by atomic mass is 19.4. The maximum Gasteiger partial charge on any atom is 0.416 e. The largest absolute Gasteiger partial charge is 0.416 e. The van der Waals surface area contributed by atoms with Gasteiger partial charge in [0.25, 0.3) is 0 Å². The molecule has 204 valence electrons. The summed E-state index contributed by atoms with van der Waals surface area (Å²) in [5.74, 6) is 0.0296. The number of halogens is 7. The van der Waals surface area contributed by atoms with Crippen LogP contribution >= 0.6 is 0 Å². The van der Waals surface area contributed by atoms with Gasteiger partial charge in [0.05, 0.1) is 36.4 Å². The smallest absolute Gasteiger partial charge is 0.350 e. The summed E-state index contributed by atoms with van der Waals surface area (Å²) in [6.45, 7) is 1.97. The third-order valence-electron chi connectivity index (χ3n) is 6.78. The minimum atomic E-state index is -4.99. The van der Waals surface area contributed by atoms with Crippen molar-refractivity contribution < 1.29 is 45.0 Å². The first-order chi connectivity index (χ1) is 17.3. The van der Waals surface area contributed by atoms with E-state index in [-0.39, 0.29) is 36.5 Å². The van der Waals surface area contributed by atoms with Crippen molar-refractivity contribution in [2.24, 2.45) is 21.1 Å². The van der Waals surface area contributed by atoms with E-state index < -0.39 is 54.1 Å². The summed E-state index contributed by atoms with van der Waals surface area (Å²) in [6.07, 6.45) is -11.6. The predicted molar refractivity (Wildman–Crippen MR) is 116 cm³/mol. The van der Waals surface area contributed by atoms with E-state index in [1.54, 1.807) is 0 Å². The van der Waals surface area contributed by atoms with Crippen LogP contribution < -0.4 is 0 Å². The standard InChI is InChI=1S/C23H25F7N4O3/c1-12(14-8-15(22(25,26)27)10-16(9-14)23(28,29)30)37-20-19(13-2-4-17(24)5-3-13)34(6-7-36-20)11-18-31-21(35)33-32-18/h8-10,12-13,17,19-20H,2-7,11H2,1H3/t12-,13?,17?,19+,20-/m1/s1. The van der Waals surface area contributed by atoms with Crippen molar-refractivity contribution in [1.82, 2.24) is 4.90 Å². The molecule has 2 amide bonds. The molecule has 0 bridgehead atoms. The molecule has 1 saturated heterocycles. The zero-order valence-electron chi connectivity index (χ0n) is 19.7. The van der Waals surface area contributed by atoms with Gasteiger partial charge in [0.2, 0.25) is 0 Å². The first kappa shape index (κ1) is 27.6. The molecule has 4 rings (SSSR count). The summed E-state index contributed by atoms with van der Waals surface area (Å²) < 4.78 is 106. The van der Waals surface area contributed by atoms with E-state index in [2.05, 4.69) is 15.2 Å². The second-order valence-corrected chi connectivity index (χ2v) is 9.34. The van der Waals surface area contributed by atoms with Gasteiger partial charge in [-0.05, 0) is 62.3 Å². The lowest BCUT2D eigenvalue weighted by molar-refractivity contribution is -0.237. The van der Waals surface area contributed by atoms with Crippen LogP contribution in [0.5, 0.6) is 0 Å². The fourth-order valence-electron chi connectivity index (χ4n) is 4.95. The average Bonchev–Trinajstić information content (AvgIpc) is 3.23. The highest BCUT2D eigenvalue weighted by Crippen LogP contribution is 2.40. The van der Waals surface area contributed by atoms with Gasteiger partial charge in [-0.15, -0.1) is 5.11 Å². The molecule has 2 fully saturated rings. The van der Waals surface area contributed by atoms with Gasteiger partial charge in [-0.25, -0.2) is 9.18 Å². The van der Waals surface area contributed by atoms with Crippen LogP contribution in [0.15, 0.2) is 33.4 Å². The van der Waals surface area contributed by atoms with Gasteiger partial charge in [-0.1, -0.05) is 5.11 Å². The number of urea groups is 1. The lowest BCUT2D eigenvalue weighted by atomic mass is 9.81. The number of amides is 2. The van der Waals surface area contributed by atoms with Crippen molar-refractivity contribution in [2.45, 2.75) is 69.6 Å². The van der Waals surface area contributed by atoms with Crippen LogP contribution in [-0.4, -0.2) is 55.0 Å². The summed E-state index contributed by atoms with van der Waals surface area (Å²) in [5.41, 5.74) is -3.19. The van der Waals surface area contributed by atoms with Crippen LogP contribution in [0.2, 0.25) is 0 Å². The molecule has 14 heteroatoms. The molecule has 1 saturated carbocycles. The third kappa shape index (κ3) is 6.71. The van der Waals surface area contributed by atoms with Crippen LogP contribution in [0.25, 0.3) is 0 Å². The second-order valence-electron chi connectivity index (χ2n) is 9.34. The molecule has 1 aromatic rings. The number of nitrogens with zero attached hydrogens (tertiary/aromatic N) is 4. The molecule has 7 nitrogen and oxygen atoms in total. The Hall–Kier alpha value is -2.45. The normalized spacial score (nSPS) is 28.4. The Kier molecular flexibility index (Phi) is 8.00. The second kappa shape index (κ2) is 10.7. The lowest BCUT2D eigenvalue weighted by Crippen LogP contribution is -2.57. The maximum absolute atomic E-state index is 13.8. The van der Waals surface area contributed by atoms with Gasteiger partial charge in [-0.3, -0.25) is 4.90 Å². The number of benzene rings is 1. The van der Waals surface area contributed by atoms with Crippen LogP contribution in [0, 0.1) is 5.92 Å². The van der Waals surface area contributed by atoms with E-state index in [9.17, 15) is 35.5 Å². The number of hydrogen-bond acceptors (Lipinski definition) is 5. The number of aliphatic imine (C=N–C) groups is 1. The molecule has 0 spiro atoms. The van der Waals surface area contributed by atoms with E-state index in [0.29, 0.717) is 44.4 Å². The highest BCUT2D eigenvalue weighted by molar-refractivity contribution is 5.99. The quantitative estimate of drug-likeness (QED) is 0.396. The maximum atomic E-state index is 13.8. The number of alkyl halides is 7. The van der Waals surface area contributed by atoms with Gasteiger partial charge < -0.3 is 9.47 Å². The Morgan fingerprint density at radius 1 is 1.03 bits per heavy atom. The Bertz CT molecular complexity index is 1020. The lowest BCUT2D eigenvalue weighted by Gasteiger charge is -2.46. The number of azo groups is 1. The van der Waals surface area contributed by atoms with Crippen molar-refractivity contribution in [3.8, 4) is 0 Å². The van der Waals surface area contributed by atoms with Crippen molar-refractivity contribution in [2.75, 3.05) is 19.7 Å². The molecular formula is C23H25F7N4O3.